The Hall–Kier alpha value is -2.82. The van der Waals surface area contributed by atoms with Crippen molar-refractivity contribution in [2.45, 2.75) is 23.8 Å². The number of hydrogen-bond acceptors (Lipinski definition) is 5. The summed E-state index contributed by atoms with van der Waals surface area (Å²) in [6.45, 7) is 4.15. The summed E-state index contributed by atoms with van der Waals surface area (Å²) in [4.78, 5) is 32.5. The second-order valence-electron chi connectivity index (χ2n) is 8.14. The number of carbonyl (C=O) groups excluding carboxylic acids is 2. The van der Waals surface area contributed by atoms with Gasteiger partial charge in [0.2, 0.25) is 5.91 Å². The Morgan fingerprint density at radius 1 is 0.875 bits per heavy atom. The van der Waals surface area contributed by atoms with Gasteiger partial charge >= 0.3 is 0 Å². The van der Waals surface area contributed by atoms with Crippen molar-refractivity contribution in [2.75, 3.05) is 45.0 Å². The van der Waals surface area contributed by atoms with Gasteiger partial charge in [0.1, 0.15) is 6.04 Å². The molecule has 2 aliphatic rings. The molecule has 4 rings (SSSR count). The minimum Gasteiger partial charge on any atom is -0.342 e. The van der Waals surface area contributed by atoms with Crippen LogP contribution < -0.4 is 0 Å². The van der Waals surface area contributed by atoms with E-state index in [1.807, 2.05) is 64.4 Å². The first kappa shape index (κ1) is 22.4. The average Bonchev–Trinajstić information content (AvgIpc) is 3.39. The number of benzene rings is 2. The Morgan fingerprint density at radius 3 is 2.22 bits per heavy atom. The van der Waals surface area contributed by atoms with Crippen molar-refractivity contribution in [3.05, 3.63) is 65.7 Å². The first-order valence-electron chi connectivity index (χ1n) is 11.1. The molecule has 2 heterocycles. The Balaban J connectivity index is 1.37. The van der Waals surface area contributed by atoms with E-state index in [0.29, 0.717) is 37.5 Å². The minimum atomic E-state index is -0.298. The fourth-order valence-electron chi connectivity index (χ4n) is 4.32. The normalized spacial score (nSPS) is 17.7. The number of hydrogen-bond donors (Lipinski definition) is 0. The predicted octanol–water partition coefficient (Wildman–Crippen LogP) is 3.42. The molecule has 0 N–H and O–H groups in total. The number of nitrogens with zero attached hydrogens (tertiary/aromatic N) is 4. The molecule has 7 heteroatoms. The number of thioether (sulfide) groups is 1. The van der Waals surface area contributed by atoms with E-state index in [-0.39, 0.29) is 17.9 Å². The van der Waals surface area contributed by atoms with Gasteiger partial charge in [0.15, 0.2) is 0 Å². The molecule has 2 aliphatic heterocycles. The van der Waals surface area contributed by atoms with Gasteiger partial charge in [0, 0.05) is 44.2 Å². The molecular weight excluding hydrogens is 420 g/mol. The molecule has 2 amide bonds. The van der Waals surface area contributed by atoms with E-state index < -0.39 is 0 Å². The van der Waals surface area contributed by atoms with E-state index in [2.05, 4.69) is 11.0 Å². The van der Waals surface area contributed by atoms with Gasteiger partial charge in [-0.3, -0.25) is 14.5 Å². The lowest BCUT2D eigenvalue weighted by molar-refractivity contribution is -0.127. The van der Waals surface area contributed by atoms with Gasteiger partial charge in [-0.25, -0.2) is 0 Å². The Morgan fingerprint density at radius 2 is 1.53 bits per heavy atom. The van der Waals surface area contributed by atoms with E-state index in [0.717, 1.165) is 36.4 Å². The van der Waals surface area contributed by atoms with Crippen LogP contribution in [0.2, 0.25) is 0 Å². The lowest BCUT2D eigenvalue weighted by Crippen LogP contribution is -2.49. The monoisotopic (exact) mass is 448 g/mol. The predicted molar refractivity (Wildman–Crippen MR) is 125 cm³/mol. The smallest absolute Gasteiger partial charge is 0.255 e. The molecule has 2 fully saturated rings. The quantitative estimate of drug-likeness (QED) is 0.634. The second kappa shape index (κ2) is 10.7. The van der Waals surface area contributed by atoms with Gasteiger partial charge in [0.05, 0.1) is 17.4 Å². The van der Waals surface area contributed by atoms with E-state index in [9.17, 15) is 14.9 Å². The van der Waals surface area contributed by atoms with Crippen LogP contribution in [0.15, 0.2) is 59.5 Å². The summed E-state index contributed by atoms with van der Waals surface area (Å²) < 4.78 is 0. The molecular formula is C25H28N4O2S. The molecule has 1 unspecified atom stereocenters. The second-order valence-corrected chi connectivity index (χ2v) is 9.16. The number of amides is 2. The van der Waals surface area contributed by atoms with Crippen molar-refractivity contribution in [3.63, 3.8) is 0 Å². The van der Waals surface area contributed by atoms with Crippen LogP contribution >= 0.6 is 11.8 Å². The van der Waals surface area contributed by atoms with Crippen molar-refractivity contribution < 1.29 is 9.59 Å². The van der Waals surface area contributed by atoms with E-state index >= 15 is 0 Å². The first-order valence-corrected chi connectivity index (χ1v) is 12.1. The van der Waals surface area contributed by atoms with Gasteiger partial charge < -0.3 is 9.80 Å². The molecule has 166 valence electrons. The van der Waals surface area contributed by atoms with Crippen LogP contribution in [-0.2, 0) is 4.79 Å². The SMILES string of the molecule is N#CC(c1ccccc1)N1CCN(C(=O)c2ccccc2SCC(=O)N2CCCC2)CC1. The zero-order chi connectivity index (χ0) is 22.3. The van der Waals surface area contributed by atoms with Crippen LogP contribution in [0.1, 0.15) is 34.8 Å². The first-order chi connectivity index (χ1) is 15.7. The molecule has 32 heavy (non-hydrogen) atoms. The van der Waals surface area contributed by atoms with Gasteiger partial charge in [0.25, 0.3) is 5.91 Å². The van der Waals surface area contributed by atoms with Crippen LogP contribution in [-0.4, -0.2) is 71.5 Å². The Labute approximate surface area is 193 Å². The molecule has 0 spiro atoms. The summed E-state index contributed by atoms with van der Waals surface area (Å²) in [6, 6.07) is 19.5. The van der Waals surface area contributed by atoms with Crippen molar-refractivity contribution in [1.29, 1.82) is 5.26 Å². The molecule has 0 radical (unpaired) electrons. The largest absolute Gasteiger partial charge is 0.342 e. The van der Waals surface area contributed by atoms with Crippen molar-refractivity contribution in [3.8, 4) is 6.07 Å². The Kier molecular flexibility index (Phi) is 7.46. The highest BCUT2D eigenvalue weighted by molar-refractivity contribution is 8.00. The number of likely N-dealkylation sites (tertiary alicyclic amines) is 1. The fourth-order valence-corrected chi connectivity index (χ4v) is 5.27. The van der Waals surface area contributed by atoms with E-state index in [4.69, 9.17) is 0 Å². The van der Waals surface area contributed by atoms with Gasteiger partial charge in [-0.1, -0.05) is 42.5 Å². The van der Waals surface area contributed by atoms with Crippen molar-refractivity contribution in [2.24, 2.45) is 0 Å². The van der Waals surface area contributed by atoms with Crippen LogP contribution in [0, 0.1) is 11.3 Å². The molecule has 0 aliphatic carbocycles. The average molecular weight is 449 g/mol. The molecule has 2 aromatic carbocycles. The maximum atomic E-state index is 13.3. The van der Waals surface area contributed by atoms with Crippen LogP contribution in [0.5, 0.6) is 0 Å². The number of piperazine rings is 1. The van der Waals surface area contributed by atoms with Crippen molar-refractivity contribution >= 4 is 23.6 Å². The third-order valence-corrected chi connectivity index (χ3v) is 7.19. The maximum Gasteiger partial charge on any atom is 0.255 e. The summed E-state index contributed by atoms with van der Waals surface area (Å²) in [5, 5.41) is 9.70. The topological polar surface area (TPSA) is 67.6 Å². The summed E-state index contributed by atoms with van der Waals surface area (Å²) >= 11 is 1.45. The lowest BCUT2D eigenvalue weighted by Gasteiger charge is -2.37. The minimum absolute atomic E-state index is 0.00501. The number of carbonyl (C=O) groups is 2. The summed E-state index contributed by atoms with van der Waals surface area (Å²) in [5.41, 5.74) is 1.64. The zero-order valence-corrected chi connectivity index (χ0v) is 19.0. The number of nitriles is 1. The van der Waals surface area contributed by atoms with E-state index in [1.165, 1.54) is 11.8 Å². The maximum absolute atomic E-state index is 13.3. The molecule has 1 atom stereocenters. The molecule has 6 nitrogen and oxygen atoms in total. The molecule has 2 aromatic rings. The molecule has 0 saturated carbocycles. The van der Waals surface area contributed by atoms with Gasteiger partial charge in [-0.2, -0.15) is 5.26 Å². The molecule has 2 saturated heterocycles. The standard InChI is InChI=1S/C25H28N4O2S/c26-18-22(20-8-2-1-3-9-20)27-14-16-29(17-15-27)25(31)21-10-4-5-11-23(21)32-19-24(30)28-12-6-7-13-28/h1-5,8-11,22H,6-7,12-17,19H2. The Bertz CT molecular complexity index is 977. The third-order valence-electron chi connectivity index (χ3n) is 6.13. The highest BCUT2D eigenvalue weighted by atomic mass is 32.2. The number of rotatable bonds is 6. The van der Waals surface area contributed by atoms with Crippen LogP contribution in [0.4, 0.5) is 0 Å². The fraction of sp³-hybridized carbons (Fsp3) is 0.400. The van der Waals surface area contributed by atoms with Gasteiger partial charge in [-0.05, 0) is 30.5 Å². The van der Waals surface area contributed by atoms with Crippen LogP contribution in [0.25, 0.3) is 0 Å². The summed E-state index contributed by atoms with van der Waals surface area (Å²) in [7, 11) is 0. The van der Waals surface area contributed by atoms with Crippen LogP contribution in [0.3, 0.4) is 0 Å². The highest BCUT2D eigenvalue weighted by Crippen LogP contribution is 2.26. The molecule has 0 bridgehead atoms. The summed E-state index contributed by atoms with van der Waals surface area (Å²) in [6.07, 6.45) is 2.16. The highest BCUT2D eigenvalue weighted by Gasteiger charge is 2.28. The lowest BCUT2D eigenvalue weighted by atomic mass is 10.1. The zero-order valence-electron chi connectivity index (χ0n) is 18.2. The van der Waals surface area contributed by atoms with Crippen molar-refractivity contribution in [1.82, 2.24) is 14.7 Å². The molecule has 0 aromatic heterocycles. The van der Waals surface area contributed by atoms with Gasteiger partial charge in [-0.15, -0.1) is 11.8 Å². The van der Waals surface area contributed by atoms with E-state index in [1.54, 1.807) is 0 Å². The third kappa shape index (κ3) is 5.14. The summed E-state index contributed by atoms with van der Waals surface area (Å²) in [5.74, 6) is 0.500.